The number of hydrogen-bond acceptors (Lipinski definition) is 5. The first-order chi connectivity index (χ1) is 15.8. The van der Waals surface area contributed by atoms with E-state index in [0.29, 0.717) is 11.3 Å². The molecule has 4 rings (SSSR count). The number of imidazole rings is 1. The zero-order valence-electron chi connectivity index (χ0n) is 17.3. The average molecular weight is 449 g/mol. The van der Waals surface area contributed by atoms with Gasteiger partial charge in [0.2, 0.25) is 5.91 Å². The maximum Gasteiger partial charge on any atom is 0.268 e. The lowest BCUT2D eigenvalue weighted by Gasteiger charge is -2.11. The first-order valence-corrected chi connectivity index (χ1v) is 9.67. The van der Waals surface area contributed by atoms with E-state index < -0.39 is 17.5 Å². The van der Waals surface area contributed by atoms with Crippen LogP contribution in [0.4, 0.5) is 14.6 Å². The molecule has 0 saturated carbocycles. The second-order valence-corrected chi connectivity index (χ2v) is 6.97. The Hall–Kier alpha value is -4.60. The standard InChI is InChI=1S/C23H17F2N5O3/c1-13(31)28-21-11-17(8-9-27-21)33-20-7-2-14(10-18(20)25)23-29-19(22(26)32)12-30(23)16-5-3-15(24)4-6-16/h2-12H,1H3,(H2,26,32)(H,27,28,31). The summed E-state index contributed by atoms with van der Waals surface area (Å²) in [5.74, 6) is -1.50. The lowest BCUT2D eigenvalue weighted by atomic mass is 10.2. The fourth-order valence-corrected chi connectivity index (χ4v) is 3.07. The van der Waals surface area contributed by atoms with Gasteiger partial charge in [-0.05, 0) is 48.5 Å². The summed E-state index contributed by atoms with van der Waals surface area (Å²) in [6.45, 7) is 1.34. The largest absolute Gasteiger partial charge is 0.454 e. The van der Waals surface area contributed by atoms with Gasteiger partial charge < -0.3 is 15.8 Å². The van der Waals surface area contributed by atoms with Gasteiger partial charge in [0, 0.05) is 36.6 Å². The molecule has 33 heavy (non-hydrogen) atoms. The van der Waals surface area contributed by atoms with Crippen LogP contribution in [-0.4, -0.2) is 26.3 Å². The van der Waals surface area contributed by atoms with Crippen LogP contribution in [0.3, 0.4) is 0 Å². The van der Waals surface area contributed by atoms with Crippen molar-refractivity contribution in [2.75, 3.05) is 5.32 Å². The van der Waals surface area contributed by atoms with E-state index in [-0.39, 0.29) is 34.7 Å². The molecular formula is C23H17F2N5O3. The molecule has 0 saturated heterocycles. The summed E-state index contributed by atoms with van der Waals surface area (Å²) in [6.07, 6.45) is 2.81. The third-order valence-electron chi connectivity index (χ3n) is 4.52. The number of ether oxygens (including phenoxy) is 1. The first-order valence-electron chi connectivity index (χ1n) is 9.67. The number of halogens is 2. The summed E-state index contributed by atoms with van der Waals surface area (Å²) in [7, 11) is 0. The van der Waals surface area contributed by atoms with Crippen LogP contribution in [0.2, 0.25) is 0 Å². The van der Waals surface area contributed by atoms with E-state index in [9.17, 15) is 18.4 Å². The minimum atomic E-state index is -0.759. The Morgan fingerprint density at radius 1 is 1.06 bits per heavy atom. The number of pyridine rings is 1. The number of nitrogens with zero attached hydrogens (tertiary/aromatic N) is 3. The molecule has 0 bridgehead atoms. The van der Waals surface area contributed by atoms with Crippen LogP contribution in [0.25, 0.3) is 17.1 Å². The number of aromatic nitrogens is 3. The van der Waals surface area contributed by atoms with Gasteiger partial charge in [0.25, 0.3) is 5.91 Å². The third-order valence-corrected chi connectivity index (χ3v) is 4.52. The van der Waals surface area contributed by atoms with E-state index in [1.54, 1.807) is 6.07 Å². The van der Waals surface area contributed by atoms with E-state index in [1.807, 2.05) is 0 Å². The highest BCUT2D eigenvalue weighted by Gasteiger charge is 2.17. The number of primary amides is 1. The van der Waals surface area contributed by atoms with Crippen LogP contribution in [-0.2, 0) is 4.79 Å². The zero-order chi connectivity index (χ0) is 23.5. The van der Waals surface area contributed by atoms with Gasteiger partial charge in [0.05, 0.1) is 0 Å². The summed E-state index contributed by atoms with van der Waals surface area (Å²) in [5, 5.41) is 2.52. The van der Waals surface area contributed by atoms with Crippen molar-refractivity contribution in [2.45, 2.75) is 6.92 Å². The molecule has 10 heteroatoms. The van der Waals surface area contributed by atoms with E-state index >= 15 is 0 Å². The minimum Gasteiger partial charge on any atom is -0.454 e. The van der Waals surface area contributed by atoms with Crippen molar-refractivity contribution in [2.24, 2.45) is 5.73 Å². The van der Waals surface area contributed by atoms with Gasteiger partial charge in [0.15, 0.2) is 11.6 Å². The Kier molecular flexibility index (Phi) is 5.81. The van der Waals surface area contributed by atoms with Gasteiger partial charge in [0.1, 0.15) is 28.9 Å². The first kappa shape index (κ1) is 21.6. The van der Waals surface area contributed by atoms with Crippen molar-refractivity contribution in [3.8, 4) is 28.6 Å². The lowest BCUT2D eigenvalue weighted by molar-refractivity contribution is -0.114. The Balaban J connectivity index is 1.68. The summed E-state index contributed by atoms with van der Waals surface area (Å²) >= 11 is 0. The number of anilines is 1. The van der Waals surface area contributed by atoms with E-state index in [0.717, 1.165) is 0 Å². The van der Waals surface area contributed by atoms with Gasteiger partial charge >= 0.3 is 0 Å². The molecule has 2 heterocycles. The quantitative estimate of drug-likeness (QED) is 0.461. The Bertz CT molecular complexity index is 1350. The molecule has 2 amide bonds. The molecule has 0 atom stereocenters. The SMILES string of the molecule is CC(=O)Nc1cc(Oc2ccc(-c3nc(C(N)=O)cn3-c3ccc(F)cc3)cc2F)ccn1. The Labute approximate surface area is 186 Å². The number of hydrogen-bond donors (Lipinski definition) is 2. The van der Waals surface area contributed by atoms with Crippen LogP contribution < -0.4 is 15.8 Å². The molecule has 0 aliphatic rings. The van der Waals surface area contributed by atoms with Crippen LogP contribution >= 0.6 is 0 Å². The van der Waals surface area contributed by atoms with Crippen molar-refractivity contribution in [1.29, 1.82) is 0 Å². The molecule has 0 aliphatic carbocycles. The highest BCUT2D eigenvalue weighted by atomic mass is 19.1. The molecular weight excluding hydrogens is 432 g/mol. The number of carbonyl (C=O) groups excluding carboxylic acids is 2. The molecule has 166 valence electrons. The fraction of sp³-hybridized carbons (Fsp3) is 0.0435. The molecule has 0 spiro atoms. The maximum atomic E-state index is 14.9. The van der Waals surface area contributed by atoms with Gasteiger partial charge in [-0.3, -0.25) is 14.2 Å². The molecule has 0 radical (unpaired) electrons. The smallest absolute Gasteiger partial charge is 0.268 e. The predicted octanol–water partition coefficient (Wildman–Crippen LogP) is 4.06. The normalized spacial score (nSPS) is 10.6. The molecule has 8 nitrogen and oxygen atoms in total. The van der Waals surface area contributed by atoms with Crippen LogP contribution in [0, 0.1) is 11.6 Å². The van der Waals surface area contributed by atoms with Crippen LogP contribution in [0.1, 0.15) is 17.4 Å². The Morgan fingerprint density at radius 3 is 2.48 bits per heavy atom. The Morgan fingerprint density at radius 2 is 1.82 bits per heavy atom. The number of benzene rings is 2. The second kappa shape index (κ2) is 8.87. The zero-order valence-corrected chi connectivity index (χ0v) is 17.3. The summed E-state index contributed by atoms with van der Waals surface area (Å²) in [4.78, 5) is 31.0. The molecule has 4 aromatic rings. The van der Waals surface area contributed by atoms with Crippen molar-refractivity contribution in [1.82, 2.24) is 14.5 Å². The lowest BCUT2D eigenvalue weighted by Crippen LogP contribution is -2.11. The van der Waals surface area contributed by atoms with Crippen molar-refractivity contribution < 1.29 is 23.1 Å². The third kappa shape index (κ3) is 4.85. The van der Waals surface area contributed by atoms with Crippen molar-refractivity contribution in [3.05, 3.63) is 84.3 Å². The van der Waals surface area contributed by atoms with E-state index in [4.69, 9.17) is 10.5 Å². The number of carbonyl (C=O) groups is 2. The summed E-state index contributed by atoms with van der Waals surface area (Å²) in [5.41, 5.74) is 6.18. The van der Waals surface area contributed by atoms with E-state index in [1.165, 1.54) is 72.4 Å². The second-order valence-electron chi connectivity index (χ2n) is 6.97. The van der Waals surface area contributed by atoms with Gasteiger partial charge in [-0.2, -0.15) is 0 Å². The fourth-order valence-electron chi connectivity index (χ4n) is 3.07. The van der Waals surface area contributed by atoms with Gasteiger partial charge in [-0.25, -0.2) is 18.7 Å². The highest BCUT2D eigenvalue weighted by molar-refractivity contribution is 5.91. The van der Waals surface area contributed by atoms with E-state index in [2.05, 4.69) is 15.3 Å². The molecule has 0 fully saturated rings. The molecule has 2 aromatic carbocycles. The molecule has 2 aromatic heterocycles. The summed E-state index contributed by atoms with van der Waals surface area (Å²) in [6, 6.07) is 12.6. The maximum absolute atomic E-state index is 14.9. The monoisotopic (exact) mass is 449 g/mol. The number of rotatable bonds is 6. The average Bonchev–Trinajstić information content (AvgIpc) is 3.21. The number of nitrogens with two attached hydrogens (primary N) is 1. The van der Waals surface area contributed by atoms with Crippen LogP contribution in [0.5, 0.6) is 11.5 Å². The number of amides is 2. The van der Waals surface area contributed by atoms with Gasteiger partial charge in [-0.1, -0.05) is 0 Å². The molecule has 0 unspecified atom stereocenters. The van der Waals surface area contributed by atoms with Crippen molar-refractivity contribution >= 4 is 17.6 Å². The minimum absolute atomic E-state index is 0.0302. The van der Waals surface area contributed by atoms with Gasteiger partial charge in [-0.15, -0.1) is 0 Å². The summed E-state index contributed by atoms with van der Waals surface area (Å²) < 4.78 is 35.3. The topological polar surface area (TPSA) is 112 Å². The predicted molar refractivity (Wildman–Crippen MR) is 116 cm³/mol. The van der Waals surface area contributed by atoms with Crippen molar-refractivity contribution in [3.63, 3.8) is 0 Å². The number of nitrogens with one attached hydrogen (secondary N) is 1. The van der Waals surface area contributed by atoms with Crippen LogP contribution in [0.15, 0.2) is 67.0 Å². The molecule has 0 aliphatic heterocycles. The highest BCUT2D eigenvalue weighted by Crippen LogP contribution is 2.30. The molecule has 3 N–H and O–H groups in total.